The maximum atomic E-state index is 12.0. The van der Waals surface area contributed by atoms with E-state index >= 15 is 0 Å². The summed E-state index contributed by atoms with van der Waals surface area (Å²) < 4.78 is 0. The number of hydrogen-bond donors (Lipinski definition) is 2. The van der Waals surface area contributed by atoms with Crippen LogP contribution >= 0.6 is 0 Å². The first-order chi connectivity index (χ1) is 7.69. The lowest BCUT2D eigenvalue weighted by atomic mass is 9.93. The minimum Gasteiger partial charge on any atom is -0.481 e. The summed E-state index contributed by atoms with van der Waals surface area (Å²) in [5.41, 5.74) is -0.145. The van der Waals surface area contributed by atoms with Gasteiger partial charge in [-0.2, -0.15) is 0 Å². The summed E-state index contributed by atoms with van der Waals surface area (Å²) in [6.07, 6.45) is 1.27. The molecule has 4 heteroatoms. The molecule has 0 aromatic carbocycles. The molecule has 17 heavy (non-hydrogen) atoms. The van der Waals surface area contributed by atoms with E-state index in [1.54, 1.807) is 0 Å². The number of carboxylic acids is 1. The van der Waals surface area contributed by atoms with Gasteiger partial charge in [-0.25, -0.2) is 0 Å². The molecule has 0 saturated heterocycles. The van der Waals surface area contributed by atoms with E-state index in [0.29, 0.717) is 6.42 Å². The van der Waals surface area contributed by atoms with Crippen LogP contribution < -0.4 is 5.32 Å². The molecule has 0 aromatic heterocycles. The molecular formula is C13H25NO3. The lowest BCUT2D eigenvalue weighted by molar-refractivity contribution is -0.137. The van der Waals surface area contributed by atoms with E-state index in [4.69, 9.17) is 5.11 Å². The van der Waals surface area contributed by atoms with E-state index in [-0.39, 0.29) is 29.7 Å². The number of carbonyl (C=O) groups excluding carboxylic acids is 1. The van der Waals surface area contributed by atoms with E-state index in [2.05, 4.69) is 5.32 Å². The van der Waals surface area contributed by atoms with Crippen LogP contribution in [0.25, 0.3) is 0 Å². The average molecular weight is 243 g/mol. The number of carboxylic acid groups (broad SMARTS) is 1. The van der Waals surface area contributed by atoms with Gasteiger partial charge >= 0.3 is 5.97 Å². The molecule has 0 fully saturated rings. The SMILES string of the molecule is CCC(C)(C)NC(CCC(=O)O)C(=O)C(C)C. The van der Waals surface area contributed by atoms with Gasteiger partial charge in [-0.05, 0) is 26.7 Å². The van der Waals surface area contributed by atoms with E-state index in [0.717, 1.165) is 6.42 Å². The Morgan fingerprint density at radius 1 is 1.29 bits per heavy atom. The topological polar surface area (TPSA) is 66.4 Å². The summed E-state index contributed by atoms with van der Waals surface area (Å²) in [4.78, 5) is 22.6. The van der Waals surface area contributed by atoms with E-state index < -0.39 is 5.97 Å². The largest absolute Gasteiger partial charge is 0.481 e. The van der Waals surface area contributed by atoms with Crippen LogP contribution in [0.5, 0.6) is 0 Å². The molecule has 1 atom stereocenters. The Bertz CT molecular complexity index is 272. The van der Waals surface area contributed by atoms with Crippen molar-refractivity contribution in [3.63, 3.8) is 0 Å². The van der Waals surface area contributed by atoms with Crippen molar-refractivity contribution in [3.05, 3.63) is 0 Å². The Hall–Kier alpha value is -0.900. The van der Waals surface area contributed by atoms with Crippen molar-refractivity contribution in [2.75, 3.05) is 0 Å². The predicted molar refractivity (Wildman–Crippen MR) is 68.0 cm³/mol. The fourth-order valence-electron chi connectivity index (χ4n) is 1.53. The molecule has 0 aliphatic heterocycles. The molecule has 4 nitrogen and oxygen atoms in total. The Morgan fingerprint density at radius 3 is 2.18 bits per heavy atom. The highest BCUT2D eigenvalue weighted by Crippen LogP contribution is 2.14. The summed E-state index contributed by atoms with van der Waals surface area (Å²) in [5.74, 6) is -0.843. The number of carbonyl (C=O) groups is 2. The second-order valence-electron chi connectivity index (χ2n) is 5.42. The Morgan fingerprint density at radius 2 is 1.82 bits per heavy atom. The van der Waals surface area contributed by atoms with Gasteiger partial charge in [0.2, 0.25) is 0 Å². The fourth-order valence-corrected chi connectivity index (χ4v) is 1.53. The number of hydrogen-bond acceptors (Lipinski definition) is 3. The molecule has 0 aromatic rings. The van der Waals surface area contributed by atoms with Crippen LogP contribution in [-0.2, 0) is 9.59 Å². The zero-order valence-electron chi connectivity index (χ0n) is 11.5. The fraction of sp³-hybridized carbons (Fsp3) is 0.846. The van der Waals surface area contributed by atoms with Crippen molar-refractivity contribution in [1.29, 1.82) is 0 Å². The highest BCUT2D eigenvalue weighted by atomic mass is 16.4. The van der Waals surface area contributed by atoms with E-state index in [1.807, 2.05) is 34.6 Å². The van der Waals surface area contributed by atoms with Crippen molar-refractivity contribution >= 4 is 11.8 Å². The van der Waals surface area contributed by atoms with Gasteiger partial charge in [-0.15, -0.1) is 0 Å². The van der Waals surface area contributed by atoms with Gasteiger partial charge in [0.15, 0.2) is 5.78 Å². The van der Waals surface area contributed by atoms with Crippen LogP contribution in [0.3, 0.4) is 0 Å². The third kappa shape index (κ3) is 6.41. The molecule has 0 spiro atoms. The maximum Gasteiger partial charge on any atom is 0.303 e. The Balaban J connectivity index is 4.61. The molecule has 0 aliphatic carbocycles. The van der Waals surface area contributed by atoms with Crippen molar-refractivity contribution in [1.82, 2.24) is 5.32 Å². The number of rotatable bonds is 8. The highest BCUT2D eigenvalue weighted by Gasteiger charge is 2.27. The quantitative estimate of drug-likeness (QED) is 0.686. The first-order valence-electron chi connectivity index (χ1n) is 6.23. The van der Waals surface area contributed by atoms with Crippen molar-refractivity contribution in [3.8, 4) is 0 Å². The number of aliphatic carboxylic acids is 1. The number of nitrogens with one attached hydrogen (secondary N) is 1. The molecule has 0 amide bonds. The van der Waals surface area contributed by atoms with Crippen molar-refractivity contribution in [2.24, 2.45) is 5.92 Å². The first-order valence-corrected chi connectivity index (χ1v) is 6.23. The van der Waals surface area contributed by atoms with Gasteiger partial charge in [-0.1, -0.05) is 20.8 Å². The molecule has 100 valence electrons. The molecule has 2 N–H and O–H groups in total. The molecule has 0 radical (unpaired) electrons. The van der Waals surface area contributed by atoms with Gasteiger partial charge < -0.3 is 10.4 Å². The van der Waals surface area contributed by atoms with Crippen LogP contribution in [0.4, 0.5) is 0 Å². The van der Waals surface area contributed by atoms with Gasteiger partial charge in [0.05, 0.1) is 6.04 Å². The summed E-state index contributed by atoms with van der Waals surface area (Å²) in [6.45, 7) is 9.78. The molecular weight excluding hydrogens is 218 g/mol. The molecule has 0 heterocycles. The molecule has 0 saturated carbocycles. The zero-order valence-corrected chi connectivity index (χ0v) is 11.5. The summed E-state index contributed by atoms with van der Waals surface area (Å²) in [5, 5.41) is 12.0. The second kappa shape index (κ2) is 6.74. The zero-order chi connectivity index (χ0) is 13.6. The predicted octanol–water partition coefficient (Wildman–Crippen LogP) is 2.22. The minimum atomic E-state index is -0.859. The van der Waals surface area contributed by atoms with Crippen LogP contribution in [0.1, 0.15) is 53.9 Å². The summed E-state index contributed by atoms with van der Waals surface area (Å²) in [6, 6.07) is -0.360. The van der Waals surface area contributed by atoms with Gasteiger partial charge in [0.1, 0.15) is 0 Å². The van der Waals surface area contributed by atoms with Gasteiger partial charge in [-0.3, -0.25) is 9.59 Å². The third-order valence-electron chi connectivity index (χ3n) is 3.01. The van der Waals surface area contributed by atoms with Crippen LogP contribution in [0.2, 0.25) is 0 Å². The third-order valence-corrected chi connectivity index (χ3v) is 3.01. The molecule has 0 bridgehead atoms. The lowest BCUT2D eigenvalue weighted by Gasteiger charge is -2.31. The average Bonchev–Trinajstić information content (AvgIpc) is 2.22. The summed E-state index contributed by atoms with van der Waals surface area (Å²) in [7, 11) is 0. The normalized spacial score (nSPS) is 13.8. The van der Waals surface area contributed by atoms with Crippen LogP contribution in [0, 0.1) is 5.92 Å². The molecule has 0 rings (SSSR count). The summed E-state index contributed by atoms with van der Waals surface area (Å²) >= 11 is 0. The Labute approximate surface area is 104 Å². The Kier molecular flexibility index (Phi) is 6.39. The number of ketones is 1. The van der Waals surface area contributed by atoms with Crippen molar-refractivity contribution in [2.45, 2.75) is 65.5 Å². The van der Waals surface area contributed by atoms with Gasteiger partial charge in [0.25, 0.3) is 0 Å². The lowest BCUT2D eigenvalue weighted by Crippen LogP contribution is -2.50. The second-order valence-corrected chi connectivity index (χ2v) is 5.42. The monoisotopic (exact) mass is 243 g/mol. The van der Waals surface area contributed by atoms with Crippen LogP contribution in [-0.4, -0.2) is 28.4 Å². The van der Waals surface area contributed by atoms with Crippen molar-refractivity contribution < 1.29 is 14.7 Å². The minimum absolute atomic E-state index is 0.0237. The van der Waals surface area contributed by atoms with E-state index in [1.165, 1.54) is 0 Å². The van der Waals surface area contributed by atoms with Gasteiger partial charge in [0, 0.05) is 17.9 Å². The molecule has 0 aliphatic rings. The standard InChI is InChI=1S/C13H25NO3/c1-6-13(4,5)14-10(7-8-11(15)16)12(17)9(2)3/h9-10,14H,6-8H2,1-5H3,(H,15,16). The van der Waals surface area contributed by atoms with Crippen LogP contribution in [0.15, 0.2) is 0 Å². The smallest absolute Gasteiger partial charge is 0.303 e. The maximum absolute atomic E-state index is 12.0. The first kappa shape index (κ1) is 16.1. The highest BCUT2D eigenvalue weighted by molar-refractivity contribution is 5.86. The van der Waals surface area contributed by atoms with E-state index in [9.17, 15) is 9.59 Å². The molecule has 1 unspecified atom stereocenters. The number of Topliss-reactive ketones (excluding diaryl/α,β-unsaturated/α-hetero) is 1.